The van der Waals surface area contributed by atoms with Gasteiger partial charge in [0.15, 0.2) is 5.82 Å². The van der Waals surface area contributed by atoms with Crippen molar-refractivity contribution in [2.24, 2.45) is 0 Å². The highest BCUT2D eigenvalue weighted by molar-refractivity contribution is 5.85. The molecule has 2 aromatic heterocycles. The monoisotopic (exact) mass is 505 g/mol. The lowest BCUT2D eigenvalue weighted by Crippen LogP contribution is -2.49. The molecule has 1 aliphatic rings. The first-order valence-corrected chi connectivity index (χ1v) is 13.1. The van der Waals surface area contributed by atoms with Crippen molar-refractivity contribution in [3.63, 3.8) is 0 Å². The molecule has 0 radical (unpaired) electrons. The lowest BCUT2D eigenvalue weighted by atomic mass is 9.99. The second-order valence-electron chi connectivity index (χ2n) is 9.98. The number of fused-ring (bicyclic) bond motifs is 1. The van der Waals surface area contributed by atoms with Crippen LogP contribution in [0.25, 0.3) is 10.9 Å². The van der Waals surface area contributed by atoms with Crippen LogP contribution in [0.1, 0.15) is 34.1 Å². The van der Waals surface area contributed by atoms with Crippen LogP contribution in [-0.2, 0) is 6.54 Å². The first kappa shape index (κ1) is 24.1. The van der Waals surface area contributed by atoms with Gasteiger partial charge in [0.2, 0.25) is 0 Å². The van der Waals surface area contributed by atoms with E-state index in [0.29, 0.717) is 17.9 Å². The number of piperazine rings is 1. The zero-order valence-corrected chi connectivity index (χ0v) is 21.7. The first-order valence-electron chi connectivity index (χ1n) is 13.1. The van der Waals surface area contributed by atoms with Crippen LogP contribution in [0.4, 0.5) is 5.69 Å². The number of tetrazole rings is 1. The van der Waals surface area contributed by atoms with Crippen molar-refractivity contribution < 1.29 is 0 Å². The number of hydrogen-bond donors (Lipinski definition) is 1. The number of nitrogens with zero attached hydrogens (tertiary/aromatic N) is 6. The molecule has 3 aromatic carbocycles. The fraction of sp³-hybridized carbons (Fsp3) is 0.267. The van der Waals surface area contributed by atoms with Gasteiger partial charge < -0.3 is 9.88 Å². The molecule has 1 fully saturated rings. The van der Waals surface area contributed by atoms with E-state index in [2.05, 4.69) is 79.7 Å². The van der Waals surface area contributed by atoms with E-state index in [1.54, 1.807) is 0 Å². The number of hydrogen-bond acceptors (Lipinski definition) is 6. The summed E-state index contributed by atoms with van der Waals surface area (Å²) in [4.78, 5) is 21.6. The maximum Gasteiger partial charge on any atom is 0.253 e. The minimum Gasteiger partial charge on any atom is -0.369 e. The largest absolute Gasteiger partial charge is 0.369 e. The average Bonchev–Trinajstić information content (AvgIpc) is 3.40. The van der Waals surface area contributed by atoms with Crippen LogP contribution < -0.4 is 10.5 Å². The van der Waals surface area contributed by atoms with Crippen LogP contribution in [0.3, 0.4) is 0 Å². The summed E-state index contributed by atoms with van der Waals surface area (Å²) in [7, 11) is 0. The molecule has 1 saturated heterocycles. The van der Waals surface area contributed by atoms with Gasteiger partial charge in [-0.05, 0) is 59.2 Å². The Hall–Kier alpha value is -4.30. The van der Waals surface area contributed by atoms with Gasteiger partial charge in [0, 0.05) is 42.8 Å². The molecule has 0 amide bonds. The van der Waals surface area contributed by atoms with Crippen LogP contribution in [0.15, 0.2) is 83.7 Å². The van der Waals surface area contributed by atoms with E-state index in [4.69, 9.17) is 0 Å². The molecule has 0 saturated carbocycles. The molecule has 1 unspecified atom stereocenters. The topological polar surface area (TPSA) is 82.9 Å². The van der Waals surface area contributed by atoms with Crippen molar-refractivity contribution in [1.82, 2.24) is 30.1 Å². The smallest absolute Gasteiger partial charge is 0.253 e. The van der Waals surface area contributed by atoms with Gasteiger partial charge >= 0.3 is 0 Å². The lowest BCUT2D eigenvalue weighted by Gasteiger charge is -2.39. The summed E-state index contributed by atoms with van der Waals surface area (Å²) in [6, 6.07) is 26.4. The highest BCUT2D eigenvalue weighted by Gasteiger charge is 2.33. The van der Waals surface area contributed by atoms with E-state index < -0.39 is 0 Å². The fourth-order valence-electron chi connectivity index (χ4n) is 5.45. The maximum atomic E-state index is 13.7. The fourth-order valence-corrected chi connectivity index (χ4v) is 5.45. The van der Waals surface area contributed by atoms with E-state index in [1.165, 1.54) is 5.69 Å². The van der Waals surface area contributed by atoms with E-state index in [0.717, 1.165) is 53.8 Å². The second-order valence-corrected chi connectivity index (χ2v) is 9.98. The van der Waals surface area contributed by atoms with Crippen LogP contribution >= 0.6 is 0 Å². The molecule has 5 aromatic rings. The predicted octanol–water partition coefficient (Wildman–Crippen LogP) is 4.09. The number of H-pyrrole nitrogens is 1. The van der Waals surface area contributed by atoms with Gasteiger partial charge in [-0.15, -0.1) is 5.10 Å². The van der Waals surface area contributed by atoms with Crippen LogP contribution in [0.2, 0.25) is 0 Å². The number of aromatic nitrogens is 5. The Labute approximate surface area is 221 Å². The van der Waals surface area contributed by atoms with Crippen molar-refractivity contribution in [3.05, 3.63) is 117 Å². The van der Waals surface area contributed by atoms with Crippen LogP contribution in [0.5, 0.6) is 0 Å². The summed E-state index contributed by atoms with van der Waals surface area (Å²) in [5.41, 5.74) is 5.95. The standard InChI is InChI=1S/C30H31N7O/c1-21-13-14-22(2)27-25(21)19-26(30(38)31-27)28(29-32-33-34-37(29)20-23-9-5-3-6-10-23)36-17-15-35(16-18-36)24-11-7-4-8-12-24/h3-14,19,28H,15-18,20H2,1-2H3,(H,31,38). The van der Waals surface area contributed by atoms with Crippen LogP contribution in [0, 0.1) is 13.8 Å². The highest BCUT2D eigenvalue weighted by Crippen LogP contribution is 2.30. The predicted molar refractivity (Wildman–Crippen MR) is 149 cm³/mol. The third kappa shape index (κ3) is 4.59. The zero-order valence-electron chi connectivity index (χ0n) is 21.7. The summed E-state index contributed by atoms with van der Waals surface area (Å²) in [5, 5.41) is 14.0. The Balaban J connectivity index is 1.42. The number of anilines is 1. The number of nitrogens with one attached hydrogen (secondary N) is 1. The van der Waals surface area contributed by atoms with E-state index in [1.807, 2.05) is 48.0 Å². The Bertz CT molecular complexity index is 1600. The van der Waals surface area contributed by atoms with Gasteiger partial charge in [-0.1, -0.05) is 60.7 Å². The summed E-state index contributed by atoms with van der Waals surface area (Å²) < 4.78 is 1.83. The molecular formula is C30H31N7O. The molecule has 6 rings (SSSR count). The van der Waals surface area contributed by atoms with Crippen LogP contribution in [-0.4, -0.2) is 56.3 Å². The third-order valence-corrected chi connectivity index (χ3v) is 7.55. The van der Waals surface area contributed by atoms with Gasteiger partial charge in [0.1, 0.15) is 6.04 Å². The minimum atomic E-state index is -0.375. The Kier molecular flexibility index (Phi) is 6.47. The molecule has 1 atom stereocenters. The second kappa shape index (κ2) is 10.2. The number of rotatable bonds is 6. The number of para-hydroxylation sites is 1. The SMILES string of the molecule is Cc1ccc(C)c2[nH]c(=O)c(C(c3nnnn3Cc3ccccc3)N3CCN(c4ccccc4)CC3)cc12. The quantitative estimate of drug-likeness (QED) is 0.374. The van der Waals surface area contributed by atoms with Gasteiger partial charge in [-0.3, -0.25) is 9.69 Å². The molecule has 192 valence electrons. The number of aryl methyl sites for hydroxylation is 2. The molecule has 8 nitrogen and oxygen atoms in total. The summed E-state index contributed by atoms with van der Waals surface area (Å²) >= 11 is 0. The molecule has 0 bridgehead atoms. The summed E-state index contributed by atoms with van der Waals surface area (Å²) in [6.45, 7) is 7.90. The van der Waals surface area contributed by atoms with Gasteiger partial charge in [-0.2, -0.15) is 0 Å². The molecule has 1 aliphatic heterocycles. The van der Waals surface area contributed by atoms with Crippen molar-refractivity contribution in [1.29, 1.82) is 0 Å². The third-order valence-electron chi connectivity index (χ3n) is 7.55. The van der Waals surface area contributed by atoms with Crippen molar-refractivity contribution in [2.45, 2.75) is 26.4 Å². The molecule has 38 heavy (non-hydrogen) atoms. The molecule has 3 heterocycles. The van der Waals surface area contributed by atoms with Crippen molar-refractivity contribution in [3.8, 4) is 0 Å². The minimum absolute atomic E-state index is 0.101. The molecule has 0 spiro atoms. The Morgan fingerprint density at radius 2 is 1.55 bits per heavy atom. The molecule has 0 aliphatic carbocycles. The van der Waals surface area contributed by atoms with E-state index in [9.17, 15) is 4.79 Å². The van der Waals surface area contributed by atoms with Gasteiger partial charge in [0.05, 0.1) is 12.1 Å². The van der Waals surface area contributed by atoms with Gasteiger partial charge in [-0.25, -0.2) is 4.68 Å². The molecule has 1 N–H and O–H groups in total. The summed E-state index contributed by atoms with van der Waals surface area (Å²) in [6.07, 6.45) is 0. The maximum absolute atomic E-state index is 13.7. The normalized spacial score (nSPS) is 15.2. The lowest BCUT2D eigenvalue weighted by molar-refractivity contribution is 0.200. The van der Waals surface area contributed by atoms with E-state index >= 15 is 0 Å². The van der Waals surface area contributed by atoms with Gasteiger partial charge in [0.25, 0.3) is 5.56 Å². The molecular weight excluding hydrogens is 474 g/mol. The Morgan fingerprint density at radius 1 is 0.868 bits per heavy atom. The first-order chi connectivity index (χ1) is 18.6. The van der Waals surface area contributed by atoms with Crippen molar-refractivity contribution in [2.75, 3.05) is 31.1 Å². The Morgan fingerprint density at radius 3 is 2.29 bits per heavy atom. The number of aromatic amines is 1. The summed E-state index contributed by atoms with van der Waals surface area (Å²) in [5.74, 6) is 0.678. The molecule has 8 heteroatoms. The van der Waals surface area contributed by atoms with Crippen molar-refractivity contribution >= 4 is 16.6 Å². The van der Waals surface area contributed by atoms with E-state index in [-0.39, 0.29) is 11.6 Å². The number of benzene rings is 3. The zero-order chi connectivity index (χ0) is 26.1. The highest BCUT2D eigenvalue weighted by atomic mass is 16.1. The number of pyridine rings is 1. The average molecular weight is 506 g/mol.